The third-order valence-electron chi connectivity index (χ3n) is 12.9. The molecule has 5 nitrogen and oxygen atoms in total. The average Bonchev–Trinajstić information content (AvgIpc) is 4.02. The van der Waals surface area contributed by atoms with Crippen molar-refractivity contribution in [3.8, 4) is 39.9 Å². The van der Waals surface area contributed by atoms with Crippen molar-refractivity contribution in [2.24, 2.45) is 0 Å². The van der Waals surface area contributed by atoms with Gasteiger partial charge < -0.3 is 4.40 Å². The zero-order chi connectivity index (χ0) is 41.2. The van der Waals surface area contributed by atoms with E-state index in [1.165, 1.54) is 69.0 Å². The predicted molar refractivity (Wildman–Crippen MR) is 264 cm³/mol. The second-order valence-electron chi connectivity index (χ2n) is 16.3. The fourth-order valence-corrected chi connectivity index (χ4v) is 11.3. The smallest absolute Gasteiger partial charge is 0.238 e. The van der Waals surface area contributed by atoms with Gasteiger partial charge in [-0.15, -0.1) is 11.3 Å². The van der Waals surface area contributed by atoms with Crippen molar-refractivity contribution in [1.29, 1.82) is 0 Å². The van der Waals surface area contributed by atoms with Crippen LogP contribution in [0.15, 0.2) is 200 Å². The molecule has 9 aromatic carbocycles. The van der Waals surface area contributed by atoms with Gasteiger partial charge in [-0.3, -0.25) is 4.57 Å². The Labute approximate surface area is 364 Å². The van der Waals surface area contributed by atoms with E-state index in [0.29, 0.717) is 17.6 Å². The van der Waals surface area contributed by atoms with Crippen LogP contribution < -0.4 is 0 Å². The topological polar surface area (TPSA) is 48.0 Å². The Morgan fingerprint density at radius 1 is 0.317 bits per heavy atom. The lowest BCUT2D eigenvalue weighted by Gasteiger charge is -2.11. The van der Waals surface area contributed by atoms with E-state index in [1.807, 2.05) is 47.7 Å². The minimum atomic E-state index is 0.585. The lowest BCUT2D eigenvalue weighted by atomic mass is 9.99. The summed E-state index contributed by atoms with van der Waals surface area (Å²) in [6.07, 6.45) is 0. The summed E-state index contributed by atoms with van der Waals surface area (Å²) in [5.74, 6) is 1.86. The zero-order valence-corrected chi connectivity index (χ0v) is 34.5. The molecule has 0 spiro atoms. The van der Waals surface area contributed by atoms with Gasteiger partial charge in [0.15, 0.2) is 11.6 Å². The van der Waals surface area contributed by atoms with Gasteiger partial charge in [0.05, 0.1) is 27.6 Å². The molecule has 0 aliphatic heterocycles. The van der Waals surface area contributed by atoms with Gasteiger partial charge in [0.25, 0.3) is 0 Å². The van der Waals surface area contributed by atoms with Crippen LogP contribution >= 0.6 is 11.3 Å². The number of thiophene rings is 1. The molecule has 0 radical (unpaired) electrons. The number of para-hydroxylation sites is 2. The zero-order valence-electron chi connectivity index (χ0n) is 33.7. The van der Waals surface area contributed by atoms with Crippen LogP contribution in [0.25, 0.3) is 131 Å². The molecule has 0 amide bonds. The highest BCUT2D eigenvalue weighted by atomic mass is 32.1. The van der Waals surface area contributed by atoms with E-state index in [-0.39, 0.29) is 0 Å². The van der Waals surface area contributed by atoms with E-state index in [2.05, 4.69) is 173 Å². The van der Waals surface area contributed by atoms with Gasteiger partial charge in [0.1, 0.15) is 0 Å². The van der Waals surface area contributed by atoms with E-state index in [9.17, 15) is 0 Å². The molecule has 14 rings (SSSR count). The second kappa shape index (κ2) is 13.2. The molecular weight excluding hydrogens is 787 g/mol. The largest absolute Gasteiger partial charge is 0.308 e. The molecule has 14 aromatic rings. The molecule has 0 N–H and O–H groups in total. The summed E-state index contributed by atoms with van der Waals surface area (Å²) < 4.78 is 7.34. The SMILES string of the molecule is c1ccc(-c2nc(-c3ccccc3)nc(-n3c4ccccc4c4cc(-c5ccc6c(c5)c5cccc7c8ccccc8c8cccc9sc%10cccc(c%10c98)n6c75)ccc43)n2)cc1. The molecule has 0 saturated heterocycles. The van der Waals surface area contributed by atoms with Gasteiger partial charge >= 0.3 is 0 Å². The fourth-order valence-electron chi connectivity index (χ4n) is 10.2. The Kier molecular flexibility index (Phi) is 7.21. The molecular formula is C57H33N5S. The maximum absolute atomic E-state index is 5.15. The Hall–Kier alpha value is -8.19. The van der Waals surface area contributed by atoms with Crippen LogP contribution in [0.5, 0.6) is 0 Å². The van der Waals surface area contributed by atoms with E-state index in [0.717, 1.165) is 44.1 Å². The molecule has 0 bridgehead atoms. The first-order valence-corrected chi connectivity index (χ1v) is 22.1. The van der Waals surface area contributed by atoms with E-state index < -0.39 is 0 Å². The molecule has 292 valence electrons. The summed E-state index contributed by atoms with van der Waals surface area (Å²) in [6.45, 7) is 0. The Balaban J connectivity index is 1.02. The minimum absolute atomic E-state index is 0.585. The Morgan fingerprint density at radius 2 is 0.810 bits per heavy atom. The Morgan fingerprint density at radius 3 is 1.52 bits per heavy atom. The molecule has 0 aliphatic rings. The molecule has 0 unspecified atom stereocenters. The van der Waals surface area contributed by atoms with Crippen LogP contribution in [0.3, 0.4) is 0 Å². The normalized spacial score (nSPS) is 12.1. The van der Waals surface area contributed by atoms with Crippen LogP contribution in [-0.2, 0) is 0 Å². The molecule has 6 heteroatoms. The van der Waals surface area contributed by atoms with E-state index >= 15 is 0 Å². The number of nitrogens with zero attached hydrogens (tertiary/aromatic N) is 5. The molecule has 0 atom stereocenters. The van der Waals surface area contributed by atoms with Gasteiger partial charge in [0.2, 0.25) is 5.95 Å². The van der Waals surface area contributed by atoms with Gasteiger partial charge in [-0.2, -0.15) is 9.97 Å². The number of rotatable bonds is 4. The highest BCUT2D eigenvalue weighted by Gasteiger charge is 2.21. The first-order chi connectivity index (χ1) is 31.2. The van der Waals surface area contributed by atoms with Gasteiger partial charge in [-0.25, -0.2) is 4.98 Å². The maximum atomic E-state index is 5.15. The highest BCUT2D eigenvalue weighted by Crippen LogP contribution is 2.45. The third kappa shape index (κ3) is 5.01. The van der Waals surface area contributed by atoms with E-state index in [1.54, 1.807) is 0 Å². The van der Waals surface area contributed by atoms with Crippen molar-refractivity contribution in [3.63, 3.8) is 0 Å². The monoisotopic (exact) mass is 819 g/mol. The molecule has 0 saturated carbocycles. The number of benzene rings is 9. The average molecular weight is 820 g/mol. The van der Waals surface area contributed by atoms with Gasteiger partial charge in [0, 0.05) is 58.2 Å². The number of hydrogen-bond acceptors (Lipinski definition) is 4. The molecule has 0 fully saturated rings. The lowest BCUT2D eigenvalue weighted by molar-refractivity contribution is 0.953. The van der Waals surface area contributed by atoms with Gasteiger partial charge in [-0.05, 0) is 75.8 Å². The number of aromatic nitrogens is 5. The Bertz CT molecular complexity index is 4140. The molecule has 0 aliphatic carbocycles. The van der Waals surface area contributed by atoms with Crippen molar-refractivity contribution < 1.29 is 0 Å². The second-order valence-corrected chi connectivity index (χ2v) is 17.4. The predicted octanol–water partition coefficient (Wildman–Crippen LogP) is 15.2. The summed E-state index contributed by atoms with van der Waals surface area (Å²) in [7, 11) is 0. The van der Waals surface area contributed by atoms with Crippen LogP contribution in [0.2, 0.25) is 0 Å². The quantitative estimate of drug-likeness (QED) is 0.178. The highest BCUT2D eigenvalue weighted by molar-refractivity contribution is 7.26. The first-order valence-electron chi connectivity index (χ1n) is 21.3. The molecule has 63 heavy (non-hydrogen) atoms. The number of hydrogen-bond donors (Lipinski definition) is 0. The van der Waals surface area contributed by atoms with Crippen molar-refractivity contribution in [3.05, 3.63) is 200 Å². The van der Waals surface area contributed by atoms with Gasteiger partial charge in [-0.1, -0.05) is 152 Å². The van der Waals surface area contributed by atoms with Crippen molar-refractivity contribution in [2.45, 2.75) is 0 Å². The molecule has 5 heterocycles. The van der Waals surface area contributed by atoms with Crippen molar-refractivity contribution in [2.75, 3.05) is 0 Å². The maximum Gasteiger partial charge on any atom is 0.238 e. The van der Waals surface area contributed by atoms with E-state index in [4.69, 9.17) is 15.0 Å². The third-order valence-corrected chi connectivity index (χ3v) is 14.0. The van der Waals surface area contributed by atoms with Crippen LogP contribution in [-0.4, -0.2) is 23.9 Å². The summed E-state index contributed by atoms with van der Waals surface area (Å²) in [5, 5.41) is 12.4. The first kappa shape index (κ1) is 34.5. The summed E-state index contributed by atoms with van der Waals surface area (Å²) in [5.41, 5.74) is 9.92. The molecule has 5 aromatic heterocycles. The fraction of sp³-hybridized carbons (Fsp3) is 0. The van der Waals surface area contributed by atoms with Crippen molar-refractivity contribution in [1.82, 2.24) is 23.9 Å². The van der Waals surface area contributed by atoms with Crippen molar-refractivity contribution >= 4 is 102 Å². The summed E-state index contributed by atoms with van der Waals surface area (Å²) in [4.78, 5) is 15.3. The summed E-state index contributed by atoms with van der Waals surface area (Å²) >= 11 is 1.88. The lowest BCUT2D eigenvalue weighted by Crippen LogP contribution is -2.06. The minimum Gasteiger partial charge on any atom is -0.308 e. The van der Waals surface area contributed by atoms with Crippen LogP contribution in [0.1, 0.15) is 0 Å². The van der Waals surface area contributed by atoms with Crippen LogP contribution in [0, 0.1) is 0 Å². The number of fused-ring (bicyclic) bond motifs is 10. The summed E-state index contributed by atoms with van der Waals surface area (Å²) in [6, 6.07) is 72.1. The van der Waals surface area contributed by atoms with Crippen LogP contribution in [0.4, 0.5) is 0 Å². The standard InChI is InChI=1S/C57H33N5S/c1-3-14-34(15-4-1)55-58-56(35-16-5-2-6-17-35)60-57(59-55)62-46-24-10-9-20-40(46)44-32-36(29-31-48(44)62)37-28-30-47-45(33-37)43-23-11-22-42-39-19-8-7-18-38(39)41-21-12-26-50-52(41)53-49(61(47)54(42)43)25-13-27-51(53)63-50/h1-33H.